The maximum absolute atomic E-state index is 14.3. The van der Waals surface area contributed by atoms with Crippen LogP contribution in [0.1, 0.15) is 23.6 Å². The van der Waals surface area contributed by atoms with E-state index < -0.39 is 28.5 Å². The predicted molar refractivity (Wildman–Crippen MR) is 167 cm³/mol. The van der Waals surface area contributed by atoms with Crippen molar-refractivity contribution in [3.8, 4) is 0 Å². The molecule has 0 saturated carbocycles. The van der Waals surface area contributed by atoms with Crippen molar-refractivity contribution >= 4 is 39.1 Å². The SMILES string of the molecule is CCNC(=O)[C@H](Cc1ccccc1)N(Cc1ccccc1)C(=O)CN(c1cccc(C)c1)S(=O)(=O)c1ccc(Cl)cc1. The van der Waals surface area contributed by atoms with Gasteiger partial charge in [-0.1, -0.05) is 84.4 Å². The number of nitrogens with zero attached hydrogens (tertiary/aromatic N) is 2. The number of benzene rings is 4. The maximum atomic E-state index is 14.3. The van der Waals surface area contributed by atoms with E-state index >= 15 is 0 Å². The maximum Gasteiger partial charge on any atom is 0.264 e. The molecular weight excluding hydrogens is 570 g/mol. The number of likely N-dealkylation sites (N-methyl/N-ethyl adjacent to an activating group) is 1. The van der Waals surface area contributed by atoms with Gasteiger partial charge in [-0.15, -0.1) is 0 Å². The first-order valence-corrected chi connectivity index (χ1v) is 15.5. The highest BCUT2D eigenvalue weighted by Crippen LogP contribution is 2.26. The van der Waals surface area contributed by atoms with E-state index in [0.29, 0.717) is 17.3 Å². The highest BCUT2D eigenvalue weighted by molar-refractivity contribution is 7.92. The van der Waals surface area contributed by atoms with E-state index in [4.69, 9.17) is 11.6 Å². The standard InChI is InChI=1S/C33H34ClN3O4S/c1-3-35-33(39)31(22-26-12-6-4-7-13-26)36(23-27-14-8-5-9-15-27)32(38)24-37(29-16-10-11-25(2)21-29)42(40,41)30-19-17-28(34)18-20-30/h4-21,31H,3,22-24H2,1-2H3,(H,35,39)/t31-/m0/s1. The molecule has 0 heterocycles. The van der Waals surface area contributed by atoms with E-state index in [-0.39, 0.29) is 23.8 Å². The molecule has 1 atom stereocenters. The van der Waals surface area contributed by atoms with Gasteiger partial charge in [0.15, 0.2) is 0 Å². The summed E-state index contributed by atoms with van der Waals surface area (Å²) in [4.78, 5) is 29.3. The minimum Gasteiger partial charge on any atom is -0.355 e. The molecule has 0 aliphatic rings. The number of carbonyl (C=O) groups excluding carboxylic acids is 2. The summed E-state index contributed by atoms with van der Waals surface area (Å²) in [6.45, 7) is 3.67. The van der Waals surface area contributed by atoms with Crippen molar-refractivity contribution in [2.24, 2.45) is 0 Å². The summed E-state index contributed by atoms with van der Waals surface area (Å²) < 4.78 is 29.1. The number of amides is 2. The van der Waals surface area contributed by atoms with E-state index in [9.17, 15) is 18.0 Å². The van der Waals surface area contributed by atoms with E-state index in [1.807, 2.05) is 80.6 Å². The molecule has 2 amide bonds. The van der Waals surface area contributed by atoms with Crippen LogP contribution in [0.15, 0.2) is 114 Å². The zero-order valence-electron chi connectivity index (χ0n) is 23.6. The molecule has 0 fully saturated rings. The summed E-state index contributed by atoms with van der Waals surface area (Å²) in [5, 5.41) is 3.26. The summed E-state index contributed by atoms with van der Waals surface area (Å²) in [5.41, 5.74) is 2.87. The molecule has 4 aromatic rings. The molecule has 218 valence electrons. The largest absolute Gasteiger partial charge is 0.355 e. The Kier molecular flexibility index (Phi) is 10.4. The minimum atomic E-state index is -4.18. The zero-order valence-corrected chi connectivity index (χ0v) is 25.2. The topological polar surface area (TPSA) is 86.8 Å². The van der Waals surface area contributed by atoms with Crippen LogP contribution in [-0.4, -0.2) is 44.3 Å². The number of hydrogen-bond donors (Lipinski definition) is 1. The highest BCUT2D eigenvalue weighted by Gasteiger charge is 2.34. The van der Waals surface area contributed by atoms with Crippen molar-refractivity contribution < 1.29 is 18.0 Å². The second-order valence-electron chi connectivity index (χ2n) is 9.91. The molecule has 42 heavy (non-hydrogen) atoms. The number of halogens is 1. The lowest BCUT2D eigenvalue weighted by atomic mass is 10.0. The van der Waals surface area contributed by atoms with Crippen molar-refractivity contribution in [2.75, 3.05) is 17.4 Å². The molecule has 0 aliphatic heterocycles. The Labute approximate surface area is 252 Å². The monoisotopic (exact) mass is 603 g/mol. The van der Waals surface area contributed by atoms with Gasteiger partial charge in [-0.05, 0) is 66.9 Å². The summed E-state index contributed by atoms with van der Waals surface area (Å²) in [5.74, 6) is -0.821. The second-order valence-corrected chi connectivity index (χ2v) is 12.2. The first-order chi connectivity index (χ1) is 20.2. The van der Waals surface area contributed by atoms with Crippen molar-refractivity contribution in [1.82, 2.24) is 10.2 Å². The van der Waals surface area contributed by atoms with Gasteiger partial charge in [0.2, 0.25) is 11.8 Å². The third-order valence-electron chi connectivity index (χ3n) is 6.79. The Hall–Kier alpha value is -4.14. The van der Waals surface area contributed by atoms with Gasteiger partial charge in [0, 0.05) is 24.5 Å². The molecular formula is C33H34ClN3O4S. The molecule has 0 spiro atoms. The number of anilines is 1. The number of sulfonamides is 1. The number of aryl methyl sites for hydroxylation is 1. The van der Waals surface area contributed by atoms with Crippen LogP contribution in [0, 0.1) is 6.92 Å². The van der Waals surface area contributed by atoms with Crippen LogP contribution in [0.5, 0.6) is 0 Å². The molecule has 0 radical (unpaired) electrons. The number of carbonyl (C=O) groups is 2. The van der Waals surface area contributed by atoms with Crippen LogP contribution in [0.2, 0.25) is 5.02 Å². The van der Waals surface area contributed by atoms with Crippen LogP contribution in [0.25, 0.3) is 0 Å². The molecule has 7 nitrogen and oxygen atoms in total. The van der Waals surface area contributed by atoms with Gasteiger partial charge in [0.25, 0.3) is 10.0 Å². The normalized spacial score (nSPS) is 11.9. The Bertz CT molecular complexity index is 1600. The number of hydrogen-bond acceptors (Lipinski definition) is 4. The molecule has 0 unspecified atom stereocenters. The molecule has 4 rings (SSSR count). The quantitative estimate of drug-likeness (QED) is 0.228. The Morgan fingerprint density at radius 2 is 1.45 bits per heavy atom. The van der Waals surface area contributed by atoms with E-state index in [1.54, 1.807) is 18.2 Å². The molecule has 0 saturated heterocycles. The van der Waals surface area contributed by atoms with E-state index in [1.165, 1.54) is 29.2 Å². The summed E-state index contributed by atoms with van der Waals surface area (Å²) in [6, 6.07) is 30.7. The van der Waals surface area contributed by atoms with E-state index in [2.05, 4.69) is 5.32 Å². The first-order valence-electron chi connectivity index (χ1n) is 13.7. The zero-order chi connectivity index (χ0) is 30.1. The van der Waals surface area contributed by atoms with Crippen molar-refractivity contribution in [1.29, 1.82) is 0 Å². The second kappa shape index (κ2) is 14.2. The molecule has 4 aromatic carbocycles. The Morgan fingerprint density at radius 1 is 0.833 bits per heavy atom. The first kappa shape index (κ1) is 30.8. The molecule has 0 aliphatic carbocycles. The van der Waals surface area contributed by atoms with Gasteiger partial charge >= 0.3 is 0 Å². The Morgan fingerprint density at radius 3 is 2.05 bits per heavy atom. The molecule has 1 N–H and O–H groups in total. The van der Waals surface area contributed by atoms with Crippen LogP contribution < -0.4 is 9.62 Å². The lowest BCUT2D eigenvalue weighted by Gasteiger charge is -2.34. The fourth-order valence-corrected chi connectivity index (χ4v) is 6.20. The summed E-state index contributed by atoms with van der Waals surface area (Å²) in [6.07, 6.45) is 0.264. The van der Waals surface area contributed by atoms with Crippen molar-refractivity contribution in [2.45, 2.75) is 37.8 Å². The van der Waals surface area contributed by atoms with Crippen LogP contribution in [-0.2, 0) is 32.6 Å². The average Bonchev–Trinajstić information content (AvgIpc) is 2.99. The minimum absolute atomic E-state index is 0.000349. The van der Waals surface area contributed by atoms with Gasteiger partial charge in [0.05, 0.1) is 10.6 Å². The Balaban J connectivity index is 1.78. The smallest absolute Gasteiger partial charge is 0.264 e. The predicted octanol–water partition coefficient (Wildman–Crippen LogP) is 5.62. The number of rotatable bonds is 12. The summed E-state index contributed by atoms with van der Waals surface area (Å²) in [7, 11) is -4.18. The van der Waals surface area contributed by atoms with Crippen molar-refractivity contribution in [3.63, 3.8) is 0 Å². The highest BCUT2D eigenvalue weighted by atomic mass is 35.5. The van der Waals surface area contributed by atoms with Gasteiger partial charge < -0.3 is 10.2 Å². The third kappa shape index (κ3) is 7.78. The van der Waals surface area contributed by atoms with Gasteiger partial charge in [0.1, 0.15) is 12.6 Å². The molecule has 9 heteroatoms. The third-order valence-corrected chi connectivity index (χ3v) is 8.83. The van der Waals surface area contributed by atoms with Crippen molar-refractivity contribution in [3.05, 3.63) is 131 Å². The van der Waals surface area contributed by atoms with Gasteiger partial charge in [-0.2, -0.15) is 0 Å². The lowest BCUT2D eigenvalue weighted by molar-refractivity contribution is -0.140. The van der Waals surface area contributed by atoms with E-state index in [0.717, 1.165) is 21.0 Å². The van der Waals surface area contributed by atoms with Gasteiger partial charge in [-0.25, -0.2) is 8.42 Å². The molecule has 0 aromatic heterocycles. The molecule has 0 bridgehead atoms. The lowest BCUT2D eigenvalue weighted by Crippen LogP contribution is -2.53. The average molecular weight is 604 g/mol. The number of nitrogens with one attached hydrogen (secondary N) is 1. The fourth-order valence-electron chi connectivity index (χ4n) is 4.67. The van der Waals surface area contributed by atoms with Crippen LogP contribution in [0.3, 0.4) is 0 Å². The fraction of sp³-hybridized carbons (Fsp3) is 0.212. The van der Waals surface area contributed by atoms with Gasteiger partial charge in [-0.3, -0.25) is 13.9 Å². The van der Waals surface area contributed by atoms with Crippen LogP contribution in [0.4, 0.5) is 5.69 Å². The summed E-state index contributed by atoms with van der Waals surface area (Å²) >= 11 is 6.03. The van der Waals surface area contributed by atoms with Crippen LogP contribution >= 0.6 is 11.6 Å².